The molecule has 1 aromatic carbocycles. The maximum Gasteiger partial charge on any atom is 0.408 e. The number of esters is 1. The number of hydrogen-bond acceptors (Lipinski definition) is 9. The number of unbranched alkanes of at least 4 members (excludes halogenated alkanes) is 4. The van der Waals surface area contributed by atoms with Crippen LogP contribution in [0, 0.1) is 5.92 Å². The van der Waals surface area contributed by atoms with Crippen molar-refractivity contribution in [2.45, 2.75) is 93.2 Å². The van der Waals surface area contributed by atoms with Gasteiger partial charge in [0.15, 0.2) is 0 Å². The Hall–Kier alpha value is -3.12. The van der Waals surface area contributed by atoms with Crippen molar-refractivity contribution in [1.29, 1.82) is 0 Å². The first-order chi connectivity index (χ1) is 19.1. The third-order valence-corrected chi connectivity index (χ3v) is 8.90. The highest BCUT2D eigenvalue weighted by atomic mass is 32.2. The molecule has 2 fully saturated rings. The number of methoxy groups -OCH3 is 1. The summed E-state index contributed by atoms with van der Waals surface area (Å²) in [6, 6.07) is 5.66. The first-order valence-electron chi connectivity index (χ1n) is 14.0. The highest BCUT2D eigenvalue weighted by Crippen LogP contribution is 2.42. The van der Waals surface area contributed by atoms with Crippen molar-refractivity contribution in [3.8, 4) is 0 Å². The van der Waals surface area contributed by atoms with E-state index >= 15 is 0 Å². The van der Waals surface area contributed by atoms with Gasteiger partial charge in [-0.05, 0) is 57.1 Å². The molecule has 40 heavy (non-hydrogen) atoms. The van der Waals surface area contributed by atoms with Gasteiger partial charge >= 0.3 is 12.1 Å². The van der Waals surface area contributed by atoms with Crippen molar-refractivity contribution >= 4 is 33.7 Å². The first-order valence-corrected chi connectivity index (χ1v) is 15.5. The van der Waals surface area contributed by atoms with Gasteiger partial charge in [-0.15, -0.1) is 6.58 Å². The van der Waals surface area contributed by atoms with Gasteiger partial charge in [0, 0.05) is 12.5 Å². The Morgan fingerprint density at radius 2 is 1.80 bits per heavy atom. The summed E-state index contributed by atoms with van der Waals surface area (Å²) >= 11 is 0. The number of para-hydroxylation sites is 1. The summed E-state index contributed by atoms with van der Waals surface area (Å²) < 4.78 is 38.1. The van der Waals surface area contributed by atoms with Gasteiger partial charge in [0.2, 0.25) is 0 Å². The quantitative estimate of drug-likeness (QED) is 0.131. The number of rotatable bonds is 16. The zero-order valence-electron chi connectivity index (χ0n) is 23.2. The summed E-state index contributed by atoms with van der Waals surface area (Å²) in [7, 11) is -2.81. The Labute approximate surface area is 236 Å². The molecule has 3 rings (SSSR count). The Morgan fingerprint density at radius 1 is 1.12 bits per heavy atom. The molecule has 5 N–H and O–H groups in total. The monoisotopic (exact) mass is 578 g/mol. The van der Waals surface area contributed by atoms with Crippen LogP contribution in [0.4, 0.5) is 10.5 Å². The number of benzene rings is 1. The van der Waals surface area contributed by atoms with Crippen molar-refractivity contribution < 1.29 is 32.3 Å². The van der Waals surface area contributed by atoms with Crippen LogP contribution in [0.25, 0.3) is 0 Å². The van der Waals surface area contributed by atoms with E-state index in [0.717, 1.165) is 57.8 Å². The van der Waals surface area contributed by atoms with E-state index in [1.165, 1.54) is 13.2 Å². The highest BCUT2D eigenvalue weighted by molar-refractivity contribution is 7.90. The van der Waals surface area contributed by atoms with E-state index in [2.05, 4.69) is 21.9 Å². The second-order valence-electron chi connectivity index (χ2n) is 10.5. The van der Waals surface area contributed by atoms with Gasteiger partial charge in [-0.25, -0.2) is 22.7 Å². The van der Waals surface area contributed by atoms with Gasteiger partial charge in [0.05, 0.1) is 12.8 Å². The largest absolute Gasteiger partial charge is 0.467 e. The zero-order chi connectivity index (χ0) is 29.2. The third-order valence-electron chi connectivity index (χ3n) is 7.51. The number of nitrogens with two attached hydrogens (primary N) is 1. The van der Waals surface area contributed by atoms with Crippen molar-refractivity contribution in [1.82, 2.24) is 10.0 Å². The molecule has 222 valence electrons. The number of carbonyl (C=O) groups excluding carboxylic acids is 3. The number of alkyl carbamates (subject to hydrolysis) is 1. The van der Waals surface area contributed by atoms with Crippen LogP contribution in [0.1, 0.15) is 70.6 Å². The third kappa shape index (κ3) is 8.69. The number of anilines is 1. The molecule has 0 saturated heterocycles. The molecule has 2 aliphatic rings. The summed E-state index contributed by atoms with van der Waals surface area (Å²) in [6.07, 6.45) is 9.70. The van der Waals surface area contributed by atoms with E-state index in [1.54, 1.807) is 24.3 Å². The molecule has 0 bridgehead atoms. The maximum absolute atomic E-state index is 12.9. The lowest BCUT2D eigenvalue weighted by molar-refractivity contribution is -0.143. The van der Waals surface area contributed by atoms with E-state index in [9.17, 15) is 22.8 Å². The van der Waals surface area contributed by atoms with Crippen LogP contribution >= 0.6 is 0 Å². The van der Waals surface area contributed by atoms with Crippen molar-refractivity contribution in [2.24, 2.45) is 11.7 Å². The number of amides is 2. The average molecular weight is 579 g/mol. The van der Waals surface area contributed by atoms with Crippen LogP contribution in [0.2, 0.25) is 0 Å². The maximum atomic E-state index is 12.9. The van der Waals surface area contributed by atoms with Crippen LogP contribution in [0.3, 0.4) is 0 Å². The smallest absolute Gasteiger partial charge is 0.408 e. The first kappa shape index (κ1) is 31.4. The van der Waals surface area contributed by atoms with Gasteiger partial charge in [-0.1, -0.05) is 43.9 Å². The Morgan fingerprint density at radius 3 is 2.48 bits per heavy atom. The second kappa shape index (κ2) is 14.5. The standard InChI is InChI=1S/C28H42N4O7S/c1-3-20-19-28(20,29)26(34)32-40(36,37)24-17-11-10-15-22(24)30-18-12-6-4-5-7-16-23(25(33)38-2)31-27(35)39-21-13-8-9-14-21/h3,10-11,15,17,20-21,23,30H,1,4-9,12-14,16,18-19,29H2,2H3,(H,31,35)(H,32,34)/t20-,23?,28-/m1/s1. The van der Waals surface area contributed by atoms with E-state index in [1.807, 2.05) is 0 Å². The molecule has 12 heteroatoms. The van der Waals surface area contributed by atoms with Gasteiger partial charge in [-0.2, -0.15) is 0 Å². The predicted molar refractivity (Wildman–Crippen MR) is 151 cm³/mol. The average Bonchev–Trinajstić information content (AvgIpc) is 3.35. The SMILES string of the molecule is C=C[C@@H]1C[C@]1(N)C(=O)NS(=O)(=O)c1ccccc1NCCCCCCCC(NC(=O)OC1CCCC1)C(=O)OC. The molecule has 2 aliphatic carbocycles. The minimum Gasteiger partial charge on any atom is -0.467 e. The minimum atomic E-state index is -4.11. The van der Waals surface area contributed by atoms with E-state index < -0.39 is 39.6 Å². The number of ether oxygens (including phenoxy) is 2. The van der Waals surface area contributed by atoms with Crippen LogP contribution in [-0.2, 0) is 29.1 Å². The lowest BCUT2D eigenvalue weighted by Gasteiger charge is -2.18. The molecule has 3 atom stereocenters. The predicted octanol–water partition coefficient (Wildman–Crippen LogP) is 3.36. The normalized spacial score (nSPS) is 21.2. The van der Waals surface area contributed by atoms with Crippen LogP contribution < -0.4 is 21.1 Å². The number of carbonyl (C=O) groups is 3. The summed E-state index contributed by atoms with van der Waals surface area (Å²) in [4.78, 5) is 36.7. The van der Waals surface area contributed by atoms with Gasteiger partial charge in [0.1, 0.15) is 22.6 Å². The van der Waals surface area contributed by atoms with Crippen LogP contribution in [0.5, 0.6) is 0 Å². The summed E-state index contributed by atoms with van der Waals surface area (Å²) in [5.41, 5.74) is 5.17. The van der Waals surface area contributed by atoms with Gasteiger partial charge < -0.3 is 25.8 Å². The topological polar surface area (TPSA) is 166 Å². The molecule has 1 unspecified atom stereocenters. The Kier molecular flexibility index (Phi) is 11.4. The number of hydrogen-bond donors (Lipinski definition) is 4. The molecular weight excluding hydrogens is 536 g/mol. The molecule has 2 amide bonds. The fourth-order valence-electron chi connectivity index (χ4n) is 4.93. The van der Waals surface area contributed by atoms with Crippen molar-refractivity contribution in [3.05, 3.63) is 36.9 Å². The molecule has 2 saturated carbocycles. The Bertz CT molecular complexity index is 1150. The fraction of sp³-hybridized carbons (Fsp3) is 0.607. The molecule has 0 heterocycles. The number of nitrogens with one attached hydrogen (secondary N) is 3. The molecule has 11 nitrogen and oxygen atoms in total. The van der Waals surface area contributed by atoms with Gasteiger partial charge in [0.25, 0.3) is 15.9 Å². The summed E-state index contributed by atoms with van der Waals surface area (Å²) in [5, 5.41) is 5.79. The van der Waals surface area contributed by atoms with Crippen molar-refractivity contribution in [3.63, 3.8) is 0 Å². The molecule has 0 aliphatic heterocycles. The molecule has 0 aromatic heterocycles. The highest BCUT2D eigenvalue weighted by Gasteiger charge is 2.56. The second-order valence-corrected chi connectivity index (χ2v) is 12.2. The zero-order valence-corrected chi connectivity index (χ0v) is 24.0. The molecular formula is C28H42N4O7S. The minimum absolute atomic E-state index is 0.0180. The lowest BCUT2D eigenvalue weighted by atomic mass is 10.1. The summed E-state index contributed by atoms with van der Waals surface area (Å²) in [6.45, 7) is 4.16. The van der Waals surface area contributed by atoms with Crippen LogP contribution in [-0.4, -0.2) is 57.7 Å². The Balaban J connectivity index is 1.37. The summed E-state index contributed by atoms with van der Waals surface area (Å²) in [5.74, 6) is -1.46. The van der Waals surface area contributed by atoms with E-state index in [4.69, 9.17) is 15.2 Å². The lowest BCUT2D eigenvalue weighted by Crippen LogP contribution is -2.46. The molecule has 1 aromatic rings. The molecule has 0 spiro atoms. The van der Waals surface area contributed by atoms with Crippen LogP contribution in [0.15, 0.2) is 41.8 Å². The fourth-order valence-corrected chi connectivity index (χ4v) is 6.16. The van der Waals surface area contributed by atoms with E-state index in [-0.39, 0.29) is 16.9 Å². The van der Waals surface area contributed by atoms with Crippen molar-refractivity contribution in [2.75, 3.05) is 19.0 Å². The molecule has 0 radical (unpaired) electrons. The van der Waals surface area contributed by atoms with Gasteiger partial charge in [-0.3, -0.25) is 4.79 Å². The van der Waals surface area contributed by atoms with E-state index in [0.29, 0.717) is 25.1 Å². The number of sulfonamides is 1.